The molecule has 1 N–H and O–H groups in total. The van der Waals surface area contributed by atoms with Gasteiger partial charge in [-0.15, -0.1) is 0 Å². The fourth-order valence-corrected chi connectivity index (χ4v) is 5.45. The Hall–Kier alpha value is -2.86. The van der Waals surface area contributed by atoms with Crippen LogP contribution in [-0.2, 0) is 0 Å². The number of aromatic nitrogens is 2. The second kappa shape index (κ2) is 8.71. The van der Waals surface area contributed by atoms with Crippen molar-refractivity contribution in [3.05, 3.63) is 78.4 Å². The molecule has 5 nitrogen and oxygen atoms in total. The fraction of sp³-hybridized carbons (Fsp3) is 0.360. The molecule has 0 bridgehead atoms. The molecular formula is C25H28N4OS. The zero-order valence-electron chi connectivity index (χ0n) is 17.8. The predicted octanol–water partition coefficient (Wildman–Crippen LogP) is 5.19. The topological polar surface area (TPSA) is 42.3 Å². The van der Waals surface area contributed by atoms with Gasteiger partial charge in [-0.2, -0.15) is 0 Å². The second-order valence-electron chi connectivity index (χ2n) is 8.33. The molecule has 5 rings (SSSR count). The minimum absolute atomic E-state index is 0.00915. The third-order valence-electron chi connectivity index (χ3n) is 6.52. The van der Waals surface area contributed by atoms with Crippen LogP contribution in [0.4, 0.5) is 0 Å². The molecule has 2 aliphatic rings. The van der Waals surface area contributed by atoms with E-state index in [-0.39, 0.29) is 12.1 Å². The number of nitrogens with one attached hydrogen (secondary N) is 1. The first-order valence-corrected chi connectivity index (χ1v) is 11.5. The summed E-state index contributed by atoms with van der Waals surface area (Å²) in [5.74, 6) is 0.850. The van der Waals surface area contributed by atoms with Crippen LogP contribution >= 0.6 is 12.2 Å². The van der Waals surface area contributed by atoms with E-state index in [1.807, 2.05) is 24.4 Å². The summed E-state index contributed by atoms with van der Waals surface area (Å²) >= 11 is 5.91. The lowest BCUT2D eigenvalue weighted by atomic mass is 9.92. The molecule has 1 saturated heterocycles. The van der Waals surface area contributed by atoms with Crippen molar-refractivity contribution in [3.63, 3.8) is 0 Å². The number of benzene rings is 1. The van der Waals surface area contributed by atoms with Crippen LogP contribution < -0.4 is 10.1 Å². The summed E-state index contributed by atoms with van der Waals surface area (Å²) in [6.07, 6.45) is 10.2. The number of ether oxygens (including phenoxy) is 1. The van der Waals surface area contributed by atoms with Crippen molar-refractivity contribution in [2.75, 3.05) is 7.11 Å². The van der Waals surface area contributed by atoms with Gasteiger partial charge in [0.1, 0.15) is 5.75 Å². The van der Waals surface area contributed by atoms with Gasteiger partial charge in [0.05, 0.1) is 24.9 Å². The number of methoxy groups -OCH3 is 1. The number of thiocarbonyl (C=S) groups is 1. The quantitative estimate of drug-likeness (QED) is 0.562. The minimum Gasteiger partial charge on any atom is -0.497 e. The van der Waals surface area contributed by atoms with Gasteiger partial charge in [-0.05, 0) is 61.5 Å². The first kappa shape index (κ1) is 20.1. The van der Waals surface area contributed by atoms with Gasteiger partial charge in [0.2, 0.25) is 0 Å². The van der Waals surface area contributed by atoms with Crippen molar-refractivity contribution in [3.8, 4) is 11.4 Å². The Kier molecular flexibility index (Phi) is 5.64. The molecule has 3 aromatic rings. The molecule has 1 aliphatic heterocycles. The number of hydrogen-bond acceptors (Lipinski definition) is 3. The van der Waals surface area contributed by atoms with Gasteiger partial charge in [-0.3, -0.25) is 4.98 Å². The Bertz CT molecular complexity index is 1040. The maximum absolute atomic E-state index is 5.91. The third-order valence-corrected chi connectivity index (χ3v) is 6.85. The summed E-state index contributed by atoms with van der Waals surface area (Å²) < 4.78 is 7.73. The van der Waals surface area contributed by atoms with Crippen molar-refractivity contribution < 1.29 is 4.74 Å². The SMILES string of the molecule is COc1cccc(-n2cccc2[C@H]2[C@@H](c3ccccn3)NC(=S)N2C2CCCCC2)c1. The van der Waals surface area contributed by atoms with E-state index in [1.165, 1.54) is 37.8 Å². The van der Waals surface area contributed by atoms with Crippen LogP contribution in [0.15, 0.2) is 67.0 Å². The van der Waals surface area contributed by atoms with E-state index < -0.39 is 0 Å². The van der Waals surface area contributed by atoms with Gasteiger partial charge in [0, 0.05) is 35.9 Å². The number of nitrogens with zero attached hydrogens (tertiary/aromatic N) is 3. The predicted molar refractivity (Wildman–Crippen MR) is 126 cm³/mol. The van der Waals surface area contributed by atoms with E-state index in [0.717, 1.165) is 22.2 Å². The van der Waals surface area contributed by atoms with Crippen molar-refractivity contribution in [2.45, 2.75) is 50.2 Å². The molecule has 0 spiro atoms. The van der Waals surface area contributed by atoms with Gasteiger partial charge in [-0.25, -0.2) is 0 Å². The second-order valence-corrected chi connectivity index (χ2v) is 8.72. The normalized spacial score (nSPS) is 21.8. The Balaban J connectivity index is 1.60. The molecule has 1 aromatic carbocycles. The fourth-order valence-electron chi connectivity index (χ4n) is 5.07. The van der Waals surface area contributed by atoms with Crippen LogP contribution in [0.2, 0.25) is 0 Å². The highest BCUT2D eigenvalue weighted by Gasteiger charge is 2.44. The van der Waals surface area contributed by atoms with Crippen LogP contribution in [0.3, 0.4) is 0 Å². The van der Waals surface area contributed by atoms with Gasteiger partial charge in [0.25, 0.3) is 0 Å². The highest BCUT2D eigenvalue weighted by molar-refractivity contribution is 7.80. The van der Waals surface area contributed by atoms with E-state index >= 15 is 0 Å². The molecule has 0 radical (unpaired) electrons. The molecule has 3 heterocycles. The minimum atomic E-state index is 0.00915. The maximum Gasteiger partial charge on any atom is 0.170 e. The zero-order valence-corrected chi connectivity index (χ0v) is 18.6. The molecule has 6 heteroatoms. The van der Waals surface area contributed by atoms with Crippen LogP contribution in [0.5, 0.6) is 5.75 Å². The first-order chi connectivity index (χ1) is 15.3. The number of hydrogen-bond donors (Lipinski definition) is 1. The monoisotopic (exact) mass is 432 g/mol. The molecule has 1 saturated carbocycles. The lowest BCUT2D eigenvalue weighted by molar-refractivity contribution is 0.193. The molecular weight excluding hydrogens is 404 g/mol. The van der Waals surface area contributed by atoms with Crippen molar-refractivity contribution in [1.29, 1.82) is 0 Å². The molecule has 160 valence electrons. The first-order valence-electron chi connectivity index (χ1n) is 11.1. The highest BCUT2D eigenvalue weighted by atomic mass is 32.1. The van der Waals surface area contributed by atoms with Crippen LogP contribution in [0.1, 0.15) is 55.6 Å². The Morgan fingerprint density at radius 1 is 1.03 bits per heavy atom. The van der Waals surface area contributed by atoms with Crippen LogP contribution in [0, 0.1) is 0 Å². The van der Waals surface area contributed by atoms with Crippen LogP contribution in [-0.4, -0.2) is 32.7 Å². The smallest absolute Gasteiger partial charge is 0.170 e. The molecule has 31 heavy (non-hydrogen) atoms. The maximum atomic E-state index is 5.91. The molecule has 2 atom stereocenters. The third kappa shape index (κ3) is 3.81. The van der Waals surface area contributed by atoms with Crippen LogP contribution in [0.25, 0.3) is 5.69 Å². The zero-order chi connectivity index (χ0) is 21.2. The van der Waals surface area contributed by atoms with E-state index in [9.17, 15) is 0 Å². The summed E-state index contributed by atoms with van der Waals surface area (Å²) in [6, 6.07) is 19.2. The molecule has 0 amide bonds. The summed E-state index contributed by atoms with van der Waals surface area (Å²) in [6.45, 7) is 0. The highest BCUT2D eigenvalue weighted by Crippen LogP contribution is 2.43. The Labute approximate surface area is 189 Å². The summed E-state index contributed by atoms with van der Waals surface area (Å²) in [4.78, 5) is 7.14. The average Bonchev–Trinajstić information content (AvgIpc) is 3.44. The van der Waals surface area contributed by atoms with E-state index in [1.54, 1.807) is 7.11 Å². The Morgan fingerprint density at radius 3 is 2.68 bits per heavy atom. The van der Waals surface area contributed by atoms with Gasteiger partial charge >= 0.3 is 0 Å². The largest absolute Gasteiger partial charge is 0.497 e. The molecule has 1 aliphatic carbocycles. The number of pyridine rings is 1. The van der Waals surface area contributed by atoms with Crippen molar-refractivity contribution in [2.24, 2.45) is 0 Å². The molecule has 2 fully saturated rings. The van der Waals surface area contributed by atoms with Gasteiger partial charge < -0.3 is 19.5 Å². The van der Waals surface area contributed by atoms with Gasteiger partial charge in [0.15, 0.2) is 5.11 Å². The average molecular weight is 433 g/mol. The van der Waals surface area contributed by atoms with Gasteiger partial charge in [-0.1, -0.05) is 31.4 Å². The lowest BCUT2D eigenvalue weighted by Gasteiger charge is -2.37. The standard InChI is InChI=1S/C25H28N4OS/c1-30-20-12-7-11-19(17-20)28-16-8-14-22(28)24-23(21-13-5-6-15-26-21)27-25(31)29(24)18-9-3-2-4-10-18/h5-8,11-18,23-24H,2-4,9-10H2,1H3,(H,27,31)/t23-,24+/m1/s1. The van der Waals surface area contributed by atoms with E-state index in [4.69, 9.17) is 17.0 Å². The van der Waals surface area contributed by atoms with E-state index in [0.29, 0.717) is 6.04 Å². The van der Waals surface area contributed by atoms with E-state index in [2.05, 4.69) is 62.4 Å². The molecule has 0 unspecified atom stereocenters. The summed E-state index contributed by atoms with van der Waals surface area (Å²) in [5, 5.41) is 4.45. The lowest BCUT2D eigenvalue weighted by Crippen LogP contribution is -2.40. The summed E-state index contributed by atoms with van der Waals surface area (Å²) in [5.41, 5.74) is 3.31. The summed E-state index contributed by atoms with van der Waals surface area (Å²) in [7, 11) is 1.71. The molecule has 2 aromatic heterocycles. The van der Waals surface area contributed by atoms with Crippen molar-refractivity contribution in [1.82, 2.24) is 19.8 Å². The van der Waals surface area contributed by atoms with Crippen molar-refractivity contribution >= 4 is 17.3 Å². The Morgan fingerprint density at radius 2 is 1.90 bits per heavy atom. The number of rotatable bonds is 5.